The highest BCUT2D eigenvalue weighted by atomic mass is 32.2. The summed E-state index contributed by atoms with van der Waals surface area (Å²) in [4.78, 5) is 4.68. The Morgan fingerprint density at radius 1 is 1.47 bits per heavy atom. The van der Waals surface area contributed by atoms with Crippen molar-refractivity contribution in [3.63, 3.8) is 0 Å². The Bertz CT molecular complexity index is 443. The number of benzene rings is 1. The van der Waals surface area contributed by atoms with Crippen LogP contribution in [-0.2, 0) is 6.54 Å². The van der Waals surface area contributed by atoms with Gasteiger partial charge in [0, 0.05) is 18.1 Å². The Kier molecular flexibility index (Phi) is 3.35. The molecule has 0 saturated carbocycles. The van der Waals surface area contributed by atoms with E-state index in [1.807, 2.05) is 11.4 Å². The number of hydrogen-bond donors (Lipinski definition) is 1. The number of thiazole rings is 1. The lowest BCUT2D eigenvalue weighted by molar-refractivity contribution is 0.597. The number of aromatic nitrogens is 1. The molecule has 0 atom stereocenters. The normalized spacial score (nSPS) is 10.5. The van der Waals surface area contributed by atoms with E-state index in [1.165, 1.54) is 29.2 Å². The molecule has 0 aliphatic carbocycles. The fourth-order valence-corrected chi connectivity index (χ4v) is 2.88. The van der Waals surface area contributed by atoms with E-state index >= 15 is 0 Å². The van der Waals surface area contributed by atoms with Gasteiger partial charge in [0.25, 0.3) is 0 Å². The van der Waals surface area contributed by atoms with E-state index in [9.17, 15) is 4.39 Å². The Morgan fingerprint density at radius 3 is 3.00 bits per heavy atom. The van der Waals surface area contributed by atoms with Crippen LogP contribution >= 0.6 is 23.1 Å². The van der Waals surface area contributed by atoms with Crippen molar-refractivity contribution in [1.82, 2.24) is 4.98 Å². The van der Waals surface area contributed by atoms with Crippen LogP contribution in [0.5, 0.6) is 0 Å². The maximum Gasteiger partial charge on any atom is 0.154 e. The maximum absolute atomic E-state index is 13.5. The van der Waals surface area contributed by atoms with Gasteiger partial charge in [-0.3, -0.25) is 0 Å². The van der Waals surface area contributed by atoms with Crippen molar-refractivity contribution in [3.8, 4) is 0 Å². The van der Waals surface area contributed by atoms with E-state index in [-0.39, 0.29) is 5.82 Å². The van der Waals surface area contributed by atoms with Crippen molar-refractivity contribution in [2.24, 2.45) is 5.73 Å². The predicted molar refractivity (Wildman–Crippen MR) is 60.5 cm³/mol. The first-order valence-corrected chi connectivity index (χ1v) is 6.05. The molecular weight excluding hydrogens is 231 g/mol. The van der Waals surface area contributed by atoms with E-state index in [2.05, 4.69) is 4.98 Å². The summed E-state index contributed by atoms with van der Waals surface area (Å²) in [5, 5.41) is 1.87. The van der Waals surface area contributed by atoms with E-state index in [0.29, 0.717) is 11.4 Å². The molecule has 2 nitrogen and oxygen atoms in total. The molecular formula is C10H9FN2S2. The Balaban J connectivity index is 2.34. The standard InChI is InChI=1S/C10H9FN2S2/c11-8-3-1-2-7(6-12)9(8)15-10-13-4-5-14-10/h1-5H,6,12H2. The van der Waals surface area contributed by atoms with Gasteiger partial charge >= 0.3 is 0 Å². The van der Waals surface area contributed by atoms with Crippen LogP contribution in [0.4, 0.5) is 4.39 Å². The highest BCUT2D eigenvalue weighted by molar-refractivity contribution is 8.01. The minimum atomic E-state index is -0.238. The van der Waals surface area contributed by atoms with Crippen LogP contribution in [0.3, 0.4) is 0 Å². The lowest BCUT2D eigenvalue weighted by Crippen LogP contribution is -1.99. The quantitative estimate of drug-likeness (QED) is 0.896. The minimum absolute atomic E-state index is 0.238. The summed E-state index contributed by atoms with van der Waals surface area (Å²) in [7, 11) is 0. The van der Waals surface area contributed by atoms with Crippen LogP contribution in [0.25, 0.3) is 0 Å². The molecule has 2 rings (SSSR count). The Labute approximate surface area is 95.3 Å². The third-order valence-electron chi connectivity index (χ3n) is 1.87. The highest BCUT2D eigenvalue weighted by Crippen LogP contribution is 2.33. The molecule has 0 aliphatic heterocycles. The summed E-state index contributed by atoms with van der Waals surface area (Å²) in [6.45, 7) is 0.339. The summed E-state index contributed by atoms with van der Waals surface area (Å²) >= 11 is 2.81. The molecule has 0 saturated heterocycles. The average molecular weight is 240 g/mol. The molecule has 1 aromatic carbocycles. The SMILES string of the molecule is NCc1cccc(F)c1Sc1nccs1. The van der Waals surface area contributed by atoms with Gasteiger partial charge in [0.1, 0.15) is 5.82 Å². The van der Waals surface area contributed by atoms with E-state index in [0.717, 1.165) is 9.90 Å². The fourth-order valence-electron chi connectivity index (χ4n) is 1.18. The molecule has 5 heteroatoms. The second kappa shape index (κ2) is 4.74. The topological polar surface area (TPSA) is 38.9 Å². The highest BCUT2D eigenvalue weighted by Gasteiger charge is 2.10. The van der Waals surface area contributed by atoms with Crippen molar-refractivity contribution < 1.29 is 4.39 Å². The number of hydrogen-bond acceptors (Lipinski definition) is 4. The molecule has 1 aromatic heterocycles. The monoisotopic (exact) mass is 240 g/mol. The van der Waals surface area contributed by atoms with E-state index < -0.39 is 0 Å². The van der Waals surface area contributed by atoms with Crippen LogP contribution in [0.2, 0.25) is 0 Å². The first-order valence-electron chi connectivity index (χ1n) is 4.36. The summed E-state index contributed by atoms with van der Waals surface area (Å²) in [6, 6.07) is 4.94. The van der Waals surface area contributed by atoms with Crippen molar-refractivity contribution in [3.05, 3.63) is 41.2 Å². The molecule has 0 fully saturated rings. The lowest BCUT2D eigenvalue weighted by atomic mass is 10.2. The molecule has 78 valence electrons. The molecule has 0 unspecified atom stereocenters. The van der Waals surface area contributed by atoms with Gasteiger partial charge in [-0.15, -0.1) is 11.3 Å². The Morgan fingerprint density at radius 2 is 2.33 bits per heavy atom. The summed E-state index contributed by atoms with van der Waals surface area (Å²) in [5.74, 6) is -0.238. The maximum atomic E-state index is 13.5. The number of rotatable bonds is 3. The molecule has 0 amide bonds. The zero-order valence-electron chi connectivity index (χ0n) is 7.81. The van der Waals surface area contributed by atoms with E-state index in [1.54, 1.807) is 12.3 Å². The molecule has 2 N–H and O–H groups in total. The van der Waals surface area contributed by atoms with Crippen LogP contribution in [0, 0.1) is 5.82 Å². The smallest absolute Gasteiger partial charge is 0.154 e. The van der Waals surface area contributed by atoms with Crippen LogP contribution < -0.4 is 5.73 Å². The molecule has 1 heterocycles. The summed E-state index contributed by atoms with van der Waals surface area (Å²) < 4.78 is 14.4. The van der Waals surface area contributed by atoms with Crippen molar-refractivity contribution in [2.45, 2.75) is 15.8 Å². The summed E-state index contributed by atoms with van der Waals surface area (Å²) in [5.41, 5.74) is 6.37. The molecule has 2 aromatic rings. The second-order valence-corrected chi connectivity index (χ2v) is 4.98. The van der Waals surface area contributed by atoms with Gasteiger partial charge in [0.2, 0.25) is 0 Å². The van der Waals surface area contributed by atoms with Gasteiger partial charge in [0.05, 0.1) is 4.90 Å². The first kappa shape index (κ1) is 10.6. The van der Waals surface area contributed by atoms with Crippen molar-refractivity contribution >= 4 is 23.1 Å². The van der Waals surface area contributed by atoms with Crippen LogP contribution in [0.15, 0.2) is 39.0 Å². The zero-order valence-corrected chi connectivity index (χ0v) is 9.45. The largest absolute Gasteiger partial charge is 0.326 e. The average Bonchev–Trinajstić information content (AvgIpc) is 2.74. The third-order valence-corrected chi connectivity index (χ3v) is 3.91. The minimum Gasteiger partial charge on any atom is -0.326 e. The zero-order chi connectivity index (χ0) is 10.7. The van der Waals surface area contributed by atoms with Gasteiger partial charge in [-0.25, -0.2) is 9.37 Å². The van der Waals surface area contributed by atoms with Gasteiger partial charge < -0.3 is 5.73 Å². The summed E-state index contributed by atoms with van der Waals surface area (Å²) in [6.07, 6.45) is 1.70. The molecule has 0 bridgehead atoms. The van der Waals surface area contributed by atoms with Crippen LogP contribution in [-0.4, -0.2) is 4.98 Å². The van der Waals surface area contributed by atoms with Gasteiger partial charge in [-0.05, 0) is 11.6 Å². The lowest BCUT2D eigenvalue weighted by Gasteiger charge is -2.05. The number of nitrogens with zero attached hydrogens (tertiary/aromatic N) is 1. The van der Waals surface area contributed by atoms with E-state index in [4.69, 9.17) is 5.73 Å². The van der Waals surface area contributed by atoms with Gasteiger partial charge in [-0.2, -0.15) is 0 Å². The third kappa shape index (κ3) is 2.37. The first-order chi connectivity index (χ1) is 7.31. The molecule has 15 heavy (non-hydrogen) atoms. The molecule has 0 radical (unpaired) electrons. The fraction of sp³-hybridized carbons (Fsp3) is 0.100. The van der Waals surface area contributed by atoms with Crippen LogP contribution in [0.1, 0.15) is 5.56 Å². The molecule has 0 spiro atoms. The number of nitrogens with two attached hydrogens (primary N) is 1. The predicted octanol–water partition coefficient (Wildman–Crippen LogP) is 2.89. The van der Waals surface area contributed by atoms with Gasteiger partial charge in [0.15, 0.2) is 4.34 Å². The molecule has 0 aliphatic rings. The van der Waals surface area contributed by atoms with Crippen molar-refractivity contribution in [2.75, 3.05) is 0 Å². The number of halogens is 1. The van der Waals surface area contributed by atoms with Gasteiger partial charge in [-0.1, -0.05) is 23.9 Å². The Hall–Kier alpha value is -0.910. The second-order valence-electron chi connectivity index (χ2n) is 2.83. The van der Waals surface area contributed by atoms with Crippen molar-refractivity contribution in [1.29, 1.82) is 0 Å².